The summed E-state index contributed by atoms with van der Waals surface area (Å²) < 4.78 is 0. The number of carbonyl (C=O) groups excluding carboxylic acids is 1. The Morgan fingerprint density at radius 3 is 2.15 bits per heavy atom. The topological polar surface area (TPSA) is 136 Å². The molecule has 0 aromatic heterocycles. The van der Waals surface area contributed by atoms with Crippen molar-refractivity contribution in [3.05, 3.63) is 64.1 Å². The van der Waals surface area contributed by atoms with Gasteiger partial charge >= 0.3 is 11.9 Å². The Hall–Kier alpha value is -3.59. The molecule has 8 nitrogen and oxygen atoms in total. The van der Waals surface area contributed by atoms with Crippen molar-refractivity contribution in [2.24, 2.45) is 4.99 Å². The maximum atomic E-state index is 12.1. The highest BCUT2D eigenvalue weighted by Gasteiger charge is 2.24. The van der Waals surface area contributed by atoms with Crippen molar-refractivity contribution in [3.8, 4) is 5.75 Å². The molecule has 2 aromatic rings. The summed E-state index contributed by atoms with van der Waals surface area (Å²) in [5.41, 5.74) is 0.362. The summed E-state index contributed by atoms with van der Waals surface area (Å²) in [6, 6.07) is 9.73. The van der Waals surface area contributed by atoms with Crippen LogP contribution in [0.4, 0.5) is 5.69 Å². The highest BCUT2D eigenvalue weighted by atomic mass is 32.2. The van der Waals surface area contributed by atoms with Crippen LogP contribution in [-0.4, -0.2) is 38.3 Å². The molecule has 0 aliphatic carbocycles. The lowest BCUT2D eigenvalue weighted by atomic mass is 10.1. The molecule has 1 aliphatic heterocycles. The standard InChI is InChI=1S/C18H12N2O6S/c21-13-3-1-9(2-4-13)5-14-15(22)20-18(27-14)19-12-7-10(16(23)24)6-11(8-12)17(25)26/h1-8,21H,(H,23,24)(H,25,26)(H,19,20,22)/b14-5-. The van der Waals surface area contributed by atoms with Crippen LogP contribution in [-0.2, 0) is 4.79 Å². The third kappa shape index (κ3) is 4.33. The zero-order valence-corrected chi connectivity index (χ0v) is 14.4. The van der Waals surface area contributed by atoms with E-state index >= 15 is 0 Å². The lowest BCUT2D eigenvalue weighted by Crippen LogP contribution is -2.19. The quantitative estimate of drug-likeness (QED) is 0.595. The van der Waals surface area contributed by atoms with Gasteiger partial charge in [-0.15, -0.1) is 0 Å². The first-order chi connectivity index (χ1) is 12.8. The highest BCUT2D eigenvalue weighted by Crippen LogP contribution is 2.29. The maximum absolute atomic E-state index is 12.1. The van der Waals surface area contributed by atoms with E-state index in [-0.39, 0.29) is 33.6 Å². The number of aromatic carboxylic acids is 2. The zero-order valence-electron chi connectivity index (χ0n) is 13.5. The number of phenols is 1. The van der Waals surface area contributed by atoms with Crippen LogP contribution in [0.2, 0.25) is 0 Å². The average Bonchev–Trinajstić information content (AvgIpc) is 2.95. The van der Waals surface area contributed by atoms with Gasteiger partial charge in [0.2, 0.25) is 0 Å². The van der Waals surface area contributed by atoms with Crippen LogP contribution < -0.4 is 5.32 Å². The first-order valence-electron chi connectivity index (χ1n) is 7.52. The van der Waals surface area contributed by atoms with Gasteiger partial charge in [-0.2, -0.15) is 0 Å². The van der Waals surface area contributed by atoms with Crippen LogP contribution >= 0.6 is 11.8 Å². The van der Waals surface area contributed by atoms with Crippen molar-refractivity contribution in [1.29, 1.82) is 0 Å². The highest BCUT2D eigenvalue weighted by molar-refractivity contribution is 8.18. The van der Waals surface area contributed by atoms with Gasteiger partial charge in [-0.3, -0.25) is 4.79 Å². The Labute approximate surface area is 156 Å². The minimum atomic E-state index is -1.28. The second kappa shape index (κ2) is 7.34. The summed E-state index contributed by atoms with van der Waals surface area (Å²) in [6.07, 6.45) is 1.61. The summed E-state index contributed by atoms with van der Waals surface area (Å²) in [6.45, 7) is 0. The molecule has 4 N–H and O–H groups in total. The number of carbonyl (C=O) groups is 3. The van der Waals surface area contributed by atoms with Gasteiger partial charge in [0, 0.05) is 0 Å². The number of nitrogens with zero attached hydrogens (tertiary/aromatic N) is 1. The van der Waals surface area contributed by atoms with Gasteiger partial charge in [0.15, 0.2) is 5.17 Å². The van der Waals surface area contributed by atoms with E-state index in [1.54, 1.807) is 18.2 Å². The largest absolute Gasteiger partial charge is 0.508 e. The average molecular weight is 384 g/mol. The van der Waals surface area contributed by atoms with Crippen molar-refractivity contribution in [2.45, 2.75) is 0 Å². The number of amides is 1. The molecule has 1 amide bonds. The number of carboxylic acid groups (broad SMARTS) is 2. The molecule has 1 fully saturated rings. The van der Waals surface area contributed by atoms with Gasteiger partial charge in [-0.05, 0) is 53.7 Å². The number of nitrogens with one attached hydrogen (secondary N) is 1. The number of phenolic OH excluding ortho intramolecular Hbond substituents is 1. The van der Waals surface area contributed by atoms with Crippen molar-refractivity contribution in [3.63, 3.8) is 0 Å². The van der Waals surface area contributed by atoms with Crippen LogP contribution in [0.5, 0.6) is 5.75 Å². The Morgan fingerprint density at radius 1 is 1.00 bits per heavy atom. The van der Waals surface area contributed by atoms with Crippen LogP contribution in [0.3, 0.4) is 0 Å². The normalized spacial score (nSPS) is 16.5. The number of aliphatic imine (C=N–C) groups is 1. The van der Waals surface area contributed by atoms with E-state index in [1.807, 2.05) is 0 Å². The van der Waals surface area contributed by atoms with Crippen LogP contribution in [0.15, 0.2) is 52.4 Å². The monoisotopic (exact) mass is 384 g/mol. The van der Waals surface area contributed by atoms with Crippen molar-refractivity contribution >= 4 is 46.5 Å². The van der Waals surface area contributed by atoms with Crippen molar-refractivity contribution in [2.75, 3.05) is 0 Å². The predicted molar refractivity (Wildman–Crippen MR) is 99.3 cm³/mol. The molecule has 0 unspecified atom stereocenters. The van der Waals surface area contributed by atoms with E-state index in [0.29, 0.717) is 10.5 Å². The summed E-state index contributed by atoms with van der Waals surface area (Å²) in [5.74, 6) is -2.85. The number of carboxylic acids is 2. The second-order valence-corrected chi connectivity index (χ2v) is 6.48. The summed E-state index contributed by atoms with van der Waals surface area (Å²) in [7, 11) is 0. The van der Waals surface area contributed by atoms with Gasteiger partial charge in [0.1, 0.15) is 5.75 Å². The Bertz CT molecular complexity index is 979. The summed E-state index contributed by atoms with van der Waals surface area (Å²) in [5, 5.41) is 30.2. The molecular weight excluding hydrogens is 372 g/mol. The van der Waals surface area contributed by atoms with Crippen LogP contribution in [0.25, 0.3) is 6.08 Å². The van der Waals surface area contributed by atoms with Gasteiger partial charge in [-0.25, -0.2) is 14.6 Å². The first kappa shape index (κ1) is 18.2. The number of thioether (sulfide) groups is 1. The zero-order chi connectivity index (χ0) is 19.6. The van der Waals surface area contributed by atoms with Crippen LogP contribution in [0, 0.1) is 0 Å². The molecule has 27 heavy (non-hydrogen) atoms. The van der Waals surface area contributed by atoms with E-state index in [4.69, 9.17) is 10.2 Å². The second-order valence-electron chi connectivity index (χ2n) is 5.45. The molecule has 0 bridgehead atoms. The predicted octanol–water partition coefficient (Wildman–Crippen LogP) is 2.68. The SMILES string of the molecule is O=C1NC(=Nc2cc(C(=O)O)cc(C(=O)O)c2)S/C1=C\c1ccc(O)cc1. The van der Waals surface area contributed by atoms with Gasteiger partial charge < -0.3 is 20.6 Å². The molecule has 0 atom stereocenters. The lowest BCUT2D eigenvalue weighted by molar-refractivity contribution is -0.115. The minimum absolute atomic E-state index is 0.0981. The number of rotatable bonds is 4. The number of hydrogen-bond acceptors (Lipinski definition) is 6. The molecular formula is C18H12N2O6S. The third-order valence-electron chi connectivity index (χ3n) is 3.48. The molecule has 2 aromatic carbocycles. The maximum Gasteiger partial charge on any atom is 0.335 e. The Morgan fingerprint density at radius 2 is 1.59 bits per heavy atom. The molecule has 0 radical (unpaired) electrons. The Kier molecular flexibility index (Phi) is 4.95. The first-order valence-corrected chi connectivity index (χ1v) is 8.34. The van der Waals surface area contributed by atoms with Crippen molar-refractivity contribution in [1.82, 2.24) is 5.32 Å². The van der Waals surface area contributed by atoms with Crippen molar-refractivity contribution < 1.29 is 29.7 Å². The molecule has 1 saturated heterocycles. The number of amidine groups is 1. The summed E-state index contributed by atoms with van der Waals surface area (Å²) in [4.78, 5) is 38.9. The fourth-order valence-corrected chi connectivity index (χ4v) is 3.08. The van der Waals surface area contributed by atoms with Gasteiger partial charge in [0.25, 0.3) is 5.91 Å². The van der Waals surface area contributed by atoms with E-state index in [1.165, 1.54) is 24.3 Å². The molecule has 9 heteroatoms. The lowest BCUT2D eigenvalue weighted by Gasteiger charge is -2.02. The Balaban J connectivity index is 1.90. The fourth-order valence-electron chi connectivity index (χ4n) is 2.24. The number of aromatic hydroxyl groups is 1. The third-order valence-corrected chi connectivity index (χ3v) is 4.39. The molecule has 1 aliphatic rings. The molecule has 3 rings (SSSR count). The van der Waals surface area contributed by atoms with E-state index in [2.05, 4.69) is 10.3 Å². The molecule has 0 saturated carbocycles. The molecule has 0 spiro atoms. The van der Waals surface area contributed by atoms with Gasteiger partial charge in [0.05, 0.1) is 21.7 Å². The summed E-state index contributed by atoms with van der Waals surface area (Å²) >= 11 is 1.03. The minimum Gasteiger partial charge on any atom is -0.508 e. The van der Waals surface area contributed by atoms with Gasteiger partial charge in [-0.1, -0.05) is 12.1 Å². The number of benzene rings is 2. The van der Waals surface area contributed by atoms with E-state index in [9.17, 15) is 19.5 Å². The van der Waals surface area contributed by atoms with E-state index in [0.717, 1.165) is 17.8 Å². The fraction of sp³-hybridized carbons (Fsp3) is 0. The molecule has 1 heterocycles. The molecule has 136 valence electrons. The smallest absolute Gasteiger partial charge is 0.335 e. The van der Waals surface area contributed by atoms with E-state index < -0.39 is 11.9 Å². The van der Waals surface area contributed by atoms with Crippen LogP contribution in [0.1, 0.15) is 26.3 Å². The number of hydrogen-bond donors (Lipinski definition) is 4.